The van der Waals surface area contributed by atoms with Crippen LogP contribution in [0, 0.1) is 5.92 Å². The highest BCUT2D eigenvalue weighted by Gasteiger charge is 2.41. The lowest BCUT2D eigenvalue weighted by molar-refractivity contribution is 0.0387. The highest BCUT2D eigenvalue weighted by molar-refractivity contribution is 8.01. The molecule has 3 aliphatic heterocycles. The second-order valence-corrected chi connectivity index (χ2v) is 8.93. The molecule has 6 unspecified atom stereocenters. The number of hydrogen-bond donors (Lipinski definition) is 3. The molecule has 3 heterocycles. The Morgan fingerprint density at radius 2 is 2.18 bits per heavy atom. The van der Waals surface area contributed by atoms with E-state index in [1.807, 2.05) is 11.8 Å². The third kappa shape index (κ3) is 3.44. The molecule has 4 fully saturated rings. The van der Waals surface area contributed by atoms with E-state index in [0.717, 1.165) is 31.2 Å². The molecular weight excluding hydrogens is 320 g/mol. The minimum atomic E-state index is 0.344. The van der Waals surface area contributed by atoms with E-state index in [1.54, 1.807) is 0 Å². The maximum absolute atomic E-state index is 5.72. The van der Waals surface area contributed by atoms with Crippen molar-refractivity contribution >= 4 is 23.5 Å². The minimum absolute atomic E-state index is 0.344. The first-order valence-corrected chi connectivity index (χ1v) is 10.3. The van der Waals surface area contributed by atoms with E-state index in [4.69, 9.17) is 9.47 Å². The molecule has 4 aliphatic rings. The molecule has 0 aromatic heterocycles. The van der Waals surface area contributed by atoms with Gasteiger partial charge in [0, 0.05) is 17.5 Å². The molecule has 0 bridgehead atoms. The molecule has 0 amide bonds. The van der Waals surface area contributed by atoms with Gasteiger partial charge in [0.15, 0.2) is 0 Å². The maximum atomic E-state index is 5.72. The Morgan fingerprint density at radius 1 is 1.27 bits per heavy atom. The van der Waals surface area contributed by atoms with E-state index in [1.165, 1.54) is 12.2 Å². The van der Waals surface area contributed by atoms with E-state index in [2.05, 4.69) is 39.9 Å². The molecule has 1 aliphatic carbocycles. The molecule has 6 nitrogen and oxygen atoms in total. The van der Waals surface area contributed by atoms with Gasteiger partial charge in [0.1, 0.15) is 12.3 Å². The van der Waals surface area contributed by atoms with Crippen LogP contribution in [0.2, 0.25) is 0 Å². The average molecular weight is 347 g/mol. The van der Waals surface area contributed by atoms with Crippen molar-refractivity contribution in [3.05, 3.63) is 0 Å². The van der Waals surface area contributed by atoms with Crippen molar-refractivity contribution in [3.63, 3.8) is 0 Å². The largest absolute Gasteiger partial charge is 0.349 e. The lowest BCUT2D eigenvalue weighted by atomic mass is 9.85. The first kappa shape index (κ1) is 16.0. The number of hydrazine groups is 1. The predicted octanol–water partition coefficient (Wildman–Crippen LogP) is 0.573. The molecule has 3 N–H and O–H groups in total. The molecule has 0 radical (unpaired) electrons. The Kier molecular flexibility index (Phi) is 5.18. The zero-order valence-corrected chi connectivity index (χ0v) is 14.6. The van der Waals surface area contributed by atoms with E-state index in [0.29, 0.717) is 35.9 Å². The fraction of sp³-hybridized carbons (Fsp3) is 1.00. The second-order valence-electron chi connectivity index (χ2n) is 6.64. The molecule has 0 spiro atoms. The summed E-state index contributed by atoms with van der Waals surface area (Å²) in [5.41, 5.74) is 6.88. The van der Waals surface area contributed by atoms with E-state index < -0.39 is 0 Å². The zero-order chi connectivity index (χ0) is 14.9. The Balaban J connectivity index is 1.22. The molecule has 1 saturated carbocycles. The number of fused-ring (bicyclic) bond motifs is 1. The smallest absolute Gasteiger partial charge is 0.147 e. The number of ether oxygens (including phenoxy) is 2. The molecule has 0 aromatic carbocycles. The van der Waals surface area contributed by atoms with Gasteiger partial charge in [-0.05, 0) is 32.2 Å². The summed E-state index contributed by atoms with van der Waals surface area (Å²) < 4.78 is 11.3. The summed E-state index contributed by atoms with van der Waals surface area (Å²) in [6.07, 6.45) is 4.30. The number of rotatable bonds is 4. The van der Waals surface area contributed by atoms with Crippen LogP contribution in [0.15, 0.2) is 0 Å². The van der Waals surface area contributed by atoms with Gasteiger partial charge < -0.3 is 14.8 Å². The molecule has 4 rings (SSSR count). The van der Waals surface area contributed by atoms with E-state index >= 15 is 0 Å². The van der Waals surface area contributed by atoms with Gasteiger partial charge >= 0.3 is 0 Å². The number of nitrogens with one attached hydrogen (secondary N) is 3. The summed E-state index contributed by atoms with van der Waals surface area (Å²) in [5.74, 6) is 3.12. The van der Waals surface area contributed by atoms with Gasteiger partial charge in [-0.3, -0.25) is 4.90 Å². The van der Waals surface area contributed by atoms with Gasteiger partial charge in [0.2, 0.25) is 0 Å². The first-order chi connectivity index (χ1) is 10.8. The number of thioether (sulfide) groups is 2. The van der Waals surface area contributed by atoms with Crippen LogP contribution in [-0.4, -0.2) is 66.0 Å². The van der Waals surface area contributed by atoms with Crippen molar-refractivity contribution < 1.29 is 9.47 Å². The lowest BCUT2D eigenvalue weighted by Crippen LogP contribution is -2.42. The minimum Gasteiger partial charge on any atom is -0.349 e. The normalized spacial score (nSPS) is 46.2. The summed E-state index contributed by atoms with van der Waals surface area (Å²) in [7, 11) is 2.15. The molecule has 0 aromatic rings. The molecule has 8 heteroatoms. The summed E-state index contributed by atoms with van der Waals surface area (Å²) in [6, 6.07) is 0.620. The van der Waals surface area contributed by atoms with Gasteiger partial charge in [-0.2, -0.15) is 0 Å². The fourth-order valence-electron chi connectivity index (χ4n) is 3.73. The summed E-state index contributed by atoms with van der Waals surface area (Å²) in [4.78, 5) is 2.29. The summed E-state index contributed by atoms with van der Waals surface area (Å²) in [6.45, 7) is 1.42. The van der Waals surface area contributed by atoms with Gasteiger partial charge in [0.25, 0.3) is 0 Å². The molecule has 6 atom stereocenters. The molecule has 126 valence electrons. The fourth-order valence-corrected chi connectivity index (χ4v) is 6.47. The lowest BCUT2D eigenvalue weighted by Gasteiger charge is -2.33. The highest BCUT2D eigenvalue weighted by atomic mass is 32.2. The average Bonchev–Trinajstić information content (AvgIpc) is 3.25. The number of nitrogens with zero attached hydrogens (tertiary/aromatic N) is 1. The predicted molar refractivity (Wildman–Crippen MR) is 90.3 cm³/mol. The van der Waals surface area contributed by atoms with Gasteiger partial charge in [-0.1, -0.05) is 0 Å². The van der Waals surface area contributed by atoms with E-state index in [-0.39, 0.29) is 0 Å². The second kappa shape index (κ2) is 7.14. The SMILES string of the molecule is CN1CNNC1SCC1CSC(C2CCC3OCOC3C2)N1. The Hall–Kier alpha value is 0.460. The third-order valence-electron chi connectivity index (χ3n) is 5.05. The van der Waals surface area contributed by atoms with Crippen LogP contribution in [0.1, 0.15) is 19.3 Å². The Morgan fingerprint density at radius 3 is 3.05 bits per heavy atom. The van der Waals surface area contributed by atoms with Crippen LogP contribution in [0.4, 0.5) is 0 Å². The maximum Gasteiger partial charge on any atom is 0.147 e. The molecular formula is C14H26N4O2S2. The topological polar surface area (TPSA) is 57.8 Å². The van der Waals surface area contributed by atoms with Crippen LogP contribution in [-0.2, 0) is 9.47 Å². The monoisotopic (exact) mass is 346 g/mol. The Bertz CT molecular complexity index is 392. The number of hydrogen-bond acceptors (Lipinski definition) is 8. The molecule has 22 heavy (non-hydrogen) atoms. The van der Waals surface area contributed by atoms with Crippen molar-refractivity contribution in [2.45, 2.75) is 48.4 Å². The van der Waals surface area contributed by atoms with Crippen molar-refractivity contribution in [1.82, 2.24) is 21.1 Å². The van der Waals surface area contributed by atoms with Gasteiger partial charge in [-0.25, -0.2) is 10.9 Å². The van der Waals surface area contributed by atoms with Crippen LogP contribution in [0.3, 0.4) is 0 Å². The van der Waals surface area contributed by atoms with Crippen molar-refractivity contribution in [3.8, 4) is 0 Å². The first-order valence-electron chi connectivity index (χ1n) is 8.20. The highest BCUT2D eigenvalue weighted by Crippen LogP contribution is 2.39. The van der Waals surface area contributed by atoms with Crippen LogP contribution < -0.4 is 16.2 Å². The summed E-state index contributed by atoms with van der Waals surface area (Å²) in [5, 5.41) is 4.46. The summed E-state index contributed by atoms with van der Waals surface area (Å²) >= 11 is 4.09. The third-order valence-corrected chi connectivity index (χ3v) is 7.91. The Labute approximate surface area is 140 Å². The van der Waals surface area contributed by atoms with Gasteiger partial charge in [0.05, 0.1) is 24.3 Å². The van der Waals surface area contributed by atoms with Crippen LogP contribution >= 0.6 is 23.5 Å². The standard InChI is InChI=1S/C14H26N4O2S2/c1-18-7-15-17-14(18)22-6-10-5-21-13(16-10)9-2-3-11-12(4-9)20-8-19-11/h9-17H,2-8H2,1H3. The van der Waals surface area contributed by atoms with Crippen LogP contribution in [0.25, 0.3) is 0 Å². The quantitative estimate of drug-likeness (QED) is 0.683. The van der Waals surface area contributed by atoms with Gasteiger partial charge in [-0.15, -0.1) is 23.5 Å². The van der Waals surface area contributed by atoms with Crippen molar-refractivity contribution in [1.29, 1.82) is 0 Å². The van der Waals surface area contributed by atoms with Crippen molar-refractivity contribution in [2.24, 2.45) is 5.92 Å². The molecule has 3 saturated heterocycles. The van der Waals surface area contributed by atoms with Crippen molar-refractivity contribution in [2.75, 3.05) is 32.0 Å². The zero-order valence-electron chi connectivity index (χ0n) is 13.0. The van der Waals surface area contributed by atoms with Crippen LogP contribution in [0.5, 0.6) is 0 Å². The van der Waals surface area contributed by atoms with E-state index in [9.17, 15) is 0 Å².